The zero-order valence-corrected chi connectivity index (χ0v) is 26.6. The monoisotopic (exact) mass is 578 g/mol. The van der Waals surface area contributed by atoms with Gasteiger partial charge in [0.05, 0.1) is 16.4 Å². The van der Waals surface area contributed by atoms with E-state index >= 15 is 0 Å². The molecule has 0 aromatic heterocycles. The lowest BCUT2D eigenvalue weighted by atomic mass is 9.31. The third-order valence-corrected chi connectivity index (χ3v) is 15.2. The molecule has 0 aromatic carbocycles. The minimum Gasteiger partial charge on any atom is -0.481 e. The third kappa shape index (κ3) is 3.19. The largest absolute Gasteiger partial charge is 0.481 e. The van der Waals surface area contributed by atoms with Crippen LogP contribution < -0.4 is 0 Å². The van der Waals surface area contributed by atoms with Gasteiger partial charge in [-0.1, -0.05) is 33.3 Å². The maximum absolute atomic E-state index is 14.6. The fourth-order valence-electron chi connectivity index (χ4n) is 12.0. The number of ketones is 1. The highest BCUT2D eigenvalue weighted by atomic mass is 16.6. The SMILES string of the molecule is C[C@]1(C(=O)O)CC[C@]2(C)CC[C@]3(C)C(=CC(=O)[C@@H]4[C@@]5(C)CC[C@H](OC(=O)N6CCCC6)[C@@]6(C)C=N[C@]65CC[C@]43C)[C@@H]2C1. The van der Waals surface area contributed by atoms with Crippen molar-refractivity contribution in [3.05, 3.63) is 11.6 Å². The minimum atomic E-state index is -0.750. The molecule has 0 aromatic rings. The summed E-state index contributed by atoms with van der Waals surface area (Å²) in [7, 11) is 0. The summed E-state index contributed by atoms with van der Waals surface area (Å²) in [4.78, 5) is 47.1. The maximum atomic E-state index is 14.6. The van der Waals surface area contributed by atoms with Gasteiger partial charge in [-0.05, 0) is 113 Å². The first-order valence-corrected chi connectivity index (χ1v) is 16.6. The molecule has 0 bridgehead atoms. The fourth-order valence-corrected chi connectivity index (χ4v) is 12.0. The van der Waals surface area contributed by atoms with Crippen LogP contribution in [0.2, 0.25) is 0 Å². The molecular formula is C35H50N2O5. The van der Waals surface area contributed by atoms with Crippen molar-refractivity contribution in [2.75, 3.05) is 13.1 Å². The highest BCUT2D eigenvalue weighted by molar-refractivity contribution is 5.96. The van der Waals surface area contributed by atoms with Gasteiger partial charge in [0.1, 0.15) is 6.10 Å². The standard InChI is InChI=1S/C35H50N2O5/c1-29-11-12-30(2,27(39)40)20-23(29)22-19-24(38)26-32(4,31(22,3)14-13-29)15-16-35-33(26,5)10-9-25(34(35,6)21-36-35)42-28(41)37-17-7-8-18-37/h19,21,23,25-26H,7-18,20H2,1-6H3,(H,39,40)/t23-,25-,26-,29+,30-,31+,32+,33+,34+,35-/m0/s1. The normalized spacial score (nSPS) is 52.5. The minimum absolute atomic E-state index is 0.0394. The number of carbonyl (C=O) groups excluding carboxylic acids is 2. The zero-order chi connectivity index (χ0) is 30.1. The predicted octanol–water partition coefficient (Wildman–Crippen LogP) is 6.84. The molecule has 1 amide bonds. The number of allylic oxidation sites excluding steroid dienone is 2. The molecule has 5 aliphatic carbocycles. The summed E-state index contributed by atoms with van der Waals surface area (Å²) in [5, 5.41) is 10.2. The van der Waals surface area contributed by atoms with Crippen LogP contribution in [0.25, 0.3) is 0 Å². The van der Waals surface area contributed by atoms with Crippen molar-refractivity contribution < 1.29 is 24.2 Å². The Hall–Kier alpha value is -2.18. The average molecular weight is 579 g/mol. The quantitative estimate of drug-likeness (QED) is 0.387. The lowest BCUT2D eigenvalue weighted by molar-refractivity contribution is -0.208. The van der Waals surface area contributed by atoms with Gasteiger partial charge in [-0.15, -0.1) is 0 Å². The van der Waals surface area contributed by atoms with Gasteiger partial charge in [0.15, 0.2) is 5.78 Å². The Morgan fingerprint density at radius 2 is 1.62 bits per heavy atom. The van der Waals surface area contributed by atoms with Crippen LogP contribution in [-0.2, 0) is 14.3 Å². The number of hydrogen-bond acceptors (Lipinski definition) is 5. The number of fused-ring (bicyclic) bond motifs is 6. The van der Waals surface area contributed by atoms with Gasteiger partial charge in [0, 0.05) is 30.6 Å². The van der Waals surface area contributed by atoms with Crippen molar-refractivity contribution >= 4 is 24.1 Å². The van der Waals surface area contributed by atoms with E-state index in [2.05, 4.69) is 34.6 Å². The van der Waals surface area contributed by atoms with Crippen LogP contribution in [0.5, 0.6) is 0 Å². The Balaban J connectivity index is 1.26. The second-order valence-corrected chi connectivity index (χ2v) is 16.9. The van der Waals surface area contributed by atoms with Crippen LogP contribution in [0, 0.1) is 44.3 Å². The number of aliphatic carboxylic acids is 1. The Morgan fingerprint density at radius 3 is 2.26 bits per heavy atom. The predicted molar refractivity (Wildman–Crippen MR) is 160 cm³/mol. The molecule has 42 heavy (non-hydrogen) atoms. The van der Waals surface area contributed by atoms with E-state index in [0.717, 1.165) is 70.9 Å². The molecule has 2 aliphatic heterocycles. The number of carboxylic acid groups (broad SMARTS) is 1. The summed E-state index contributed by atoms with van der Waals surface area (Å²) in [6.07, 6.45) is 13.3. The summed E-state index contributed by atoms with van der Waals surface area (Å²) in [6.45, 7) is 15.1. The van der Waals surface area contributed by atoms with Gasteiger partial charge in [-0.25, -0.2) is 4.79 Å². The molecule has 7 rings (SSSR count). The van der Waals surface area contributed by atoms with Crippen molar-refractivity contribution in [3.63, 3.8) is 0 Å². The van der Waals surface area contributed by atoms with E-state index in [4.69, 9.17) is 9.73 Å². The van der Waals surface area contributed by atoms with Crippen LogP contribution in [-0.4, -0.2) is 58.8 Å². The Bertz CT molecular complexity index is 1320. The van der Waals surface area contributed by atoms with Crippen LogP contribution in [0.4, 0.5) is 4.79 Å². The number of carboxylic acids is 1. The number of nitrogens with zero attached hydrogens (tertiary/aromatic N) is 2. The number of carbonyl (C=O) groups is 3. The molecule has 0 unspecified atom stereocenters. The van der Waals surface area contributed by atoms with Crippen LogP contribution in [0.3, 0.4) is 0 Å². The maximum Gasteiger partial charge on any atom is 0.410 e. The van der Waals surface area contributed by atoms with E-state index in [0.29, 0.717) is 12.8 Å². The molecule has 1 saturated heterocycles. The molecule has 5 fully saturated rings. The first kappa shape index (κ1) is 28.6. The van der Waals surface area contributed by atoms with Crippen LogP contribution >= 0.6 is 0 Å². The number of aliphatic imine (C=N–C) groups is 1. The molecule has 1 N–H and O–H groups in total. The summed E-state index contributed by atoms with van der Waals surface area (Å²) >= 11 is 0. The molecule has 4 saturated carbocycles. The van der Waals surface area contributed by atoms with E-state index in [-0.39, 0.29) is 56.9 Å². The molecular weight excluding hydrogens is 528 g/mol. The number of amides is 1. The molecule has 7 nitrogen and oxygen atoms in total. The second kappa shape index (κ2) is 8.50. The van der Waals surface area contributed by atoms with Gasteiger partial charge in [0.25, 0.3) is 0 Å². The zero-order valence-electron chi connectivity index (χ0n) is 26.6. The second-order valence-electron chi connectivity index (χ2n) is 16.9. The molecule has 2 heterocycles. The Kier molecular flexibility index (Phi) is 5.79. The number of hydrogen-bond donors (Lipinski definition) is 1. The van der Waals surface area contributed by atoms with Crippen LogP contribution in [0.15, 0.2) is 16.6 Å². The summed E-state index contributed by atoms with van der Waals surface area (Å²) in [6, 6.07) is 0. The lowest BCUT2D eigenvalue weighted by Gasteiger charge is -2.75. The molecule has 230 valence electrons. The third-order valence-electron chi connectivity index (χ3n) is 15.2. The van der Waals surface area contributed by atoms with E-state index in [1.165, 1.54) is 5.57 Å². The number of ether oxygens (including phenoxy) is 1. The highest BCUT2D eigenvalue weighted by Crippen LogP contribution is 2.77. The van der Waals surface area contributed by atoms with Crippen molar-refractivity contribution in [2.24, 2.45) is 49.3 Å². The van der Waals surface area contributed by atoms with Crippen molar-refractivity contribution in [2.45, 2.75) is 124 Å². The highest BCUT2D eigenvalue weighted by Gasteiger charge is 2.78. The van der Waals surface area contributed by atoms with Gasteiger partial charge in [-0.3, -0.25) is 14.6 Å². The molecule has 10 atom stereocenters. The first-order valence-electron chi connectivity index (χ1n) is 16.6. The van der Waals surface area contributed by atoms with Gasteiger partial charge >= 0.3 is 12.1 Å². The molecule has 7 aliphatic rings. The van der Waals surface area contributed by atoms with Crippen molar-refractivity contribution in [1.82, 2.24) is 4.90 Å². The summed E-state index contributed by atoms with van der Waals surface area (Å²) in [5.74, 6) is -0.544. The topological polar surface area (TPSA) is 96.3 Å². The van der Waals surface area contributed by atoms with E-state index in [1.807, 2.05) is 24.1 Å². The fraction of sp³-hybridized carbons (Fsp3) is 0.829. The molecule has 1 spiro atoms. The molecule has 0 radical (unpaired) electrons. The lowest BCUT2D eigenvalue weighted by Crippen LogP contribution is -2.77. The van der Waals surface area contributed by atoms with Gasteiger partial charge < -0.3 is 14.7 Å². The van der Waals surface area contributed by atoms with E-state index in [9.17, 15) is 19.5 Å². The van der Waals surface area contributed by atoms with Gasteiger partial charge in [-0.2, -0.15) is 0 Å². The van der Waals surface area contributed by atoms with Crippen LogP contribution in [0.1, 0.15) is 112 Å². The first-order chi connectivity index (χ1) is 19.6. The summed E-state index contributed by atoms with van der Waals surface area (Å²) < 4.78 is 6.25. The Labute approximate surface area is 250 Å². The number of likely N-dealkylation sites (tertiary alicyclic amines) is 1. The van der Waals surface area contributed by atoms with Crippen molar-refractivity contribution in [1.29, 1.82) is 0 Å². The average Bonchev–Trinajstić information content (AvgIpc) is 3.47. The van der Waals surface area contributed by atoms with E-state index in [1.54, 1.807) is 0 Å². The van der Waals surface area contributed by atoms with E-state index < -0.39 is 16.9 Å². The molecule has 7 heteroatoms. The van der Waals surface area contributed by atoms with Crippen molar-refractivity contribution in [3.8, 4) is 0 Å². The Morgan fingerprint density at radius 1 is 0.929 bits per heavy atom. The smallest absolute Gasteiger partial charge is 0.410 e. The summed E-state index contributed by atoms with van der Waals surface area (Å²) in [5.41, 5.74) is -1.04. The van der Waals surface area contributed by atoms with Gasteiger partial charge in [0.2, 0.25) is 0 Å². The number of rotatable bonds is 2.